The van der Waals surface area contributed by atoms with Gasteiger partial charge in [0, 0.05) is 19.2 Å². The molecule has 8 nitrogen and oxygen atoms in total. The van der Waals surface area contributed by atoms with Gasteiger partial charge in [0.1, 0.15) is 23.2 Å². The minimum Gasteiger partial charge on any atom is -0.451 e. The quantitative estimate of drug-likeness (QED) is 0.382. The van der Waals surface area contributed by atoms with Gasteiger partial charge in [-0.15, -0.1) is 0 Å². The number of nitrogens with zero attached hydrogens (tertiary/aromatic N) is 1. The predicted octanol–water partition coefficient (Wildman–Crippen LogP) is 4.72. The summed E-state index contributed by atoms with van der Waals surface area (Å²) in [5, 5.41) is 8.01. The van der Waals surface area contributed by atoms with Crippen molar-refractivity contribution in [2.45, 2.75) is 50.9 Å². The molecule has 4 rings (SSSR count). The van der Waals surface area contributed by atoms with Crippen LogP contribution in [0.25, 0.3) is 11.3 Å². The van der Waals surface area contributed by atoms with Crippen LogP contribution in [-0.4, -0.2) is 35.8 Å². The van der Waals surface area contributed by atoms with Gasteiger partial charge in [0.05, 0.1) is 0 Å². The number of nitrogens with one attached hydrogen (secondary N) is 3. The molecule has 1 unspecified atom stereocenters. The molecule has 1 aliphatic carbocycles. The summed E-state index contributed by atoms with van der Waals surface area (Å²) in [4.78, 5) is 41.1. The van der Waals surface area contributed by atoms with E-state index in [-0.39, 0.29) is 29.8 Å². The number of hydrogen-bond donors (Lipinski definition) is 3. The van der Waals surface area contributed by atoms with E-state index in [2.05, 4.69) is 20.9 Å². The van der Waals surface area contributed by atoms with Crippen molar-refractivity contribution < 1.29 is 32.0 Å². The molecule has 1 fully saturated rings. The lowest BCUT2D eigenvalue weighted by atomic mass is 9.83. The third-order valence-corrected chi connectivity index (χ3v) is 6.70. The van der Waals surface area contributed by atoms with Crippen LogP contribution in [0, 0.1) is 5.92 Å². The number of furan rings is 1. The zero-order chi connectivity index (χ0) is 28.0. The molecule has 0 radical (unpaired) electrons. The van der Waals surface area contributed by atoms with Crippen LogP contribution in [0.2, 0.25) is 0 Å². The molecule has 0 saturated heterocycles. The molecular weight excluding hydrogens is 513 g/mol. The second-order valence-electron chi connectivity index (χ2n) is 9.42. The van der Waals surface area contributed by atoms with Crippen LogP contribution in [0.5, 0.6) is 0 Å². The van der Waals surface area contributed by atoms with Crippen molar-refractivity contribution in [1.82, 2.24) is 20.9 Å². The van der Waals surface area contributed by atoms with Crippen molar-refractivity contribution in [3.63, 3.8) is 0 Å². The van der Waals surface area contributed by atoms with E-state index in [0.717, 1.165) is 44.2 Å². The zero-order valence-electron chi connectivity index (χ0n) is 21.3. The number of carbonyl (C=O) groups is 3. The van der Waals surface area contributed by atoms with Gasteiger partial charge in [-0.3, -0.25) is 14.4 Å². The topological polar surface area (TPSA) is 113 Å². The van der Waals surface area contributed by atoms with Crippen LogP contribution < -0.4 is 16.0 Å². The Hall–Kier alpha value is -4.15. The molecule has 3 aromatic rings. The molecule has 2 heterocycles. The Morgan fingerprint density at radius 1 is 1.00 bits per heavy atom. The van der Waals surface area contributed by atoms with E-state index in [0.29, 0.717) is 16.9 Å². The van der Waals surface area contributed by atoms with Gasteiger partial charge in [-0.1, -0.05) is 43.5 Å². The number of pyridine rings is 1. The third kappa shape index (κ3) is 7.04. The molecule has 0 aliphatic heterocycles. The highest BCUT2D eigenvalue weighted by Crippen LogP contribution is 2.29. The Bertz CT molecular complexity index is 1330. The molecule has 2 aromatic heterocycles. The average molecular weight is 543 g/mol. The van der Waals surface area contributed by atoms with E-state index in [1.54, 1.807) is 37.4 Å². The van der Waals surface area contributed by atoms with Gasteiger partial charge in [0.25, 0.3) is 11.8 Å². The molecular formula is C28H29F3N4O4. The highest BCUT2D eigenvalue weighted by molar-refractivity contribution is 5.96. The smallest absolute Gasteiger partial charge is 0.433 e. The van der Waals surface area contributed by atoms with E-state index in [4.69, 9.17) is 4.42 Å². The molecule has 206 valence electrons. The second kappa shape index (κ2) is 12.1. The first-order chi connectivity index (χ1) is 18.7. The molecule has 3 amide bonds. The van der Waals surface area contributed by atoms with Crippen LogP contribution in [0.15, 0.2) is 59.0 Å². The largest absolute Gasteiger partial charge is 0.451 e. The standard InChI is InChI=1S/C28H29F3N4O4/c1-32-27(38)24(18-8-3-2-4-9-18)35-26(37)22-14-13-21(39-22)19-10-5-7-17(15-19)16-33-25(36)20-11-6-12-23(34-20)28(29,30)31/h5-7,10-15,18,24H,2-4,8-9,16H2,1H3,(H,32,38)(H,33,36)(H,35,37). The second-order valence-corrected chi connectivity index (χ2v) is 9.42. The summed E-state index contributed by atoms with van der Waals surface area (Å²) in [5.74, 6) is -0.942. The number of amides is 3. The van der Waals surface area contributed by atoms with E-state index in [1.165, 1.54) is 12.1 Å². The molecule has 3 N–H and O–H groups in total. The summed E-state index contributed by atoms with van der Waals surface area (Å²) >= 11 is 0. The number of alkyl halides is 3. The highest BCUT2D eigenvalue weighted by Gasteiger charge is 2.33. The summed E-state index contributed by atoms with van der Waals surface area (Å²) in [7, 11) is 1.54. The maximum absolute atomic E-state index is 12.9. The maximum Gasteiger partial charge on any atom is 0.433 e. The Morgan fingerprint density at radius 3 is 2.46 bits per heavy atom. The number of benzene rings is 1. The van der Waals surface area contributed by atoms with Crippen LogP contribution in [0.4, 0.5) is 13.2 Å². The molecule has 39 heavy (non-hydrogen) atoms. The van der Waals surface area contributed by atoms with Crippen LogP contribution in [0.1, 0.15) is 64.4 Å². The van der Waals surface area contributed by atoms with Crippen molar-refractivity contribution in [2.24, 2.45) is 5.92 Å². The van der Waals surface area contributed by atoms with Crippen LogP contribution >= 0.6 is 0 Å². The third-order valence-electron chi connectivity index (χ3n) is 6.70. The minimum absolute atomic E-state index is 0.0356. The summed E-state index contributed by atoms with van der Waals surface area (Å²) in [5.41, 5.74) is -0.193. The van der Waals surface area contributed by atoms with Gasteiger partial charge in [-0.2, -0.15) is 13.2 Å². The zero-order valence-corrected chi connectivity index (χ0v) is 21.3. The summed E-state index contributed by atoms with van der Waals surface area (Å²) < 4.78 is 44.5. The number of aromatic nitrogens is 1. The number of likely N-dealkylation sites (N-methyl/N-ethyl adjacent to an activating group) is 1. The fourth-order valence-corrected chi connectivity index (χ4v) is 4.67. The first-order valence-electron chi connectivity index (χ1n) is 12.7. The first-order valence-corrected chi connectivity index (χ1v) is 12.7. The van der Waals surface area contributed by atoms with E-state index >= 15 is 0 Å². The molecule has 1 atom stereocenters. The molecule has 1 aliphatic rings. The number of rotatable bonds is 8. The fraction of sp³-hybridized carbons (Fsp3) is 0.357. The minimum atomic E-state index is -4.65. The van der Waals surface area contributed by atoms with E-state index < -0.39 is 29.7 Å². The van der Waals surface area contributed by atoms with Crippen molar-refractivity contribution in [3.8, 4) is 11.3 Å². The number of carbonyl (C=O) groups excluding carboxylic acids is 3. The lowest BCUT2D eigenvalue weighted by molar-refractivity contribution is -0.141. The van der Waals surface area contributed by atoms with Crippen LogP contribution in [0.3, 0.4) is 0 Å². The first kappa shape index (κ1) is 27.9. The lowest BCUT2D eigenvalue weighted by Crippen LogP contribution is -2.50. The van der Waals surface area contributed by atoms with E-state index in [1.807, 2.05) is 0 Å². The highest BCUT2D eigenvalue weighted by atomic mass is 19.4. The molecule has 0 bridgehead atoms. The number of hydrogen-bond acceptors (Lipinski definition) is 5. The van der Waals surface area contributed by atoms with Crippen molar-refractivity contribution >= 4 is 17.7 Å². The summed E-state index contributed by atoms with van der Waals surface area (Å²) in [6.07, 6.45) is 0.252. The summed E-state index contributed by atoms with van der Waals surface area (Å²) in [6, 6.07) is 12.6. The Morgan fingerprint density at radius 2 is 1.74 bits per heavy atom. The molecule has 0 spiro atoms. The molecule has 1 aromatic carbocycles. The van der Waals surface area contributed by atoms with Gasteiger partial charge in [0.2, 0.25) is 5.91 Å². The molecule has 1 saturated carbocycles. The maximum atomic E-state index is 12.9. The Balaban J connectivity index is 1.41. The van der Waals surface area contributed by atoms with Gasteiger partial charge < -0.3 is 20.4 Å². The average Bonchev–Trinajstić information content (AvgIpc) is 3.45. The monoisotopic (exact) mass is 542 g/mol. The van der Waals surface area contributed by atoms with Gasteiger partial charge >= 0.3 is 6.18 Å². The Labute approximate surface area is 223 Å². The molecule has 11 heteroatoms. The van der Waals surface area contributed by atoms with Crippen molar-refractivity contribution in [2.75, 3.05) is 7.05 Å². The SMILES string of the molecule is CNC(=O)C(NC(=O)c1ccc(-c2cccc(CNC(=O)c3cccc(C(F)(F)F)n3)c2)o1)C1CCCCC1. The van der Waals surface area contributed by atoms with Crippen LogP contribution in [-0.2, 0) is 17.5 Å². The lowest BCUT2D eigenvalue weighted by Gasteiger charge is -2.29. The fourth-order valence-electron chi connectivity index (χ4n) is 4.67. The van der Waals surface area contributed by atoms with Crippen molar-refractivity contribution in [3.05, 3.63) is 77.3 Å². The van der Waals surface area contributed by atoms with Gasteiger partial charge in [0.15, 0.2) is 5.76 Å². The van der Waals surface area contributed by atoms with Crippen molar-refractivity contribution in [1.29, 1.82) is 0 Å². The van der Waals surface area contributed by atoms with Gasteiger partial charge in [-0.25, -0.2) is 4.98 Å². The normalized spacial score (nSPS) is 14.9. The Kier molecular flexibility index (Phi) is 8.68. The van der Waals surface area contributed by atoms with E-state index in [9.17, 15) is 27.6 Å². The van der Waals surface area contributed by atoms with Gasteiger partial charge in [-0.05, 0) is 54.7 Å². The number of halogens is 3. The summed E-state index contributed by atoms with van der Waals surface area (Å²) in [6.45, 7) is 0.0356. The predicted molar refractivity (Wildman–Crippen MR) is 136 cm³/mol.